The van der Waals surface area contributed by atoms with Crippen LogP contribution in [0.1, 0.15) is 45.6 Å². The van der Waals surface area contributed by atoms with Gasteiger partial charge in [-0.1, -0.05) is 44.5 Å². The minimum Gasteiger partial charge on any atom is -0.455 e. The number of ether oxygens (including phenoxy) is 1. The zero-order valence-corrected chi connectivity index (χ0v) is 15.9. The van der Waals surface area contributed by atoms with Crippen LogP contribution < -0.4 is 0 Å². The number of fused-ring (bicyclic) bond motifs is 2. The molecule has 2 fully saturated rings. The number of benzene rings is 1. The molecule has 1 aromatic rings. The highest BCUT2D eigenvalue weighted by molar-refractivity contribution is 6.30. The van der Waals surface area contributed by atoms with E-state index in [0.717, 1.165) is 31.4 Å². The SMILES string of the molecule is CC1(C)C[C@H]2C[C@](C)(CN2C(=O)COC(=O)Cc2ccc(Cl)cc2)C1. The van der Waals surface area contributed by atoms with Crippen molar-refractivity contribution in [2.75, 3.05) is 13.2 Å². The van der Waals surface area contributed by atoms with Crippen molar-refractivity contribution in [2.45, 2.75) is 52.5 Å². The van der Waals surface area contributed by atoms with Gasteiger partial charge in [-0.15, -0.1) is 0 Å². The van der Waals surface area contributed by atoms with Gasteiger partial charge in [0.1, 0.15) is 0 Å². The molecule has 0 spiro atoms. The molecule has 1 saturated carbocycles. The molecule has 136 valence electrons. The number of likely N-dealkylation sites (tertiary alicyclic amines) is 1. The first-order valence-corrected chi connectivity index (χ1v) is 9.23. The van der Waals surface area contributed by atoms with E-state index in [1.54, 1.807) is 24.3 Å². The summed E-state index contributed by atoms with van der Waals surface area (Å²) in [5, 5.41) is 0.629. The molecular weight excluding hydrogens is 338 g/mol. The minimum atomic E-state index is -0.385. The molecule has 0 radical (unpaired) electrons. The molecule has 4 nitrogen and oxygen atoms in total. The summed E-state index contributed by atoms with van der Waals surface area (Å²) in [6, 6.07) is 7.33. The van der Waals surface area contributed by atoms with Gasteiger partial charge in [-0.2, -0.15) is 0 Å². The summed E-state index contributed by atoms with van der Waals surface area (Å²) < 4.78 is 5.22. The summed E-state index contributed by atoms with van der Waals surface area (Å²) in [4.78, 5) is 26.5. The first-order valence-electron chi connectivity index (χ1n) is 8.85. The third kappa shape index (κ3) is 4.35. The maximum atomic E-state index is 12.6. The lowest BCUT2D eigenvalue weighted by Crippen LogP contribution is -2.39. The third-order valence-corrected chi connectivity index (χ3v) is 5.61. The molecule has 25 heavy (non-hydrogen) atoms. The lowest BCUT2D eigenvalue weighted by Gasteiger charge is -2.39. The van der Waals surface area contributed by atoms with E-state index in [9.17, 15) is 9.59 Å². The predicted molar refractivity (Wildman–Crippen MR) is 97.4 cm³/mol. The van der Waals surface area contributed by atoms with Crippen LogP contribution in [0.5, 0.6) is 0 Å². The maximum absolute atomic E-state index is 12.6. The van der Waals surface area contributed by atoms with Crippen molar-refractivity contribution in [3.05, 3.63) is 34.9 Å². The van der Waals surface area contributed by atoms with Crippen molar-refractivity contribution in [3.63, 3.8) is 0 Å². The molecule has 1 aliphatic carbocycles. The average Bonchev–Trinajstić information content (AvgIpc) is 2.76. The predicted octanol–water partition coefficient (Wildman–Crippen LogP) is 3.85. The van der Waals surface area contributed by atoms with Gasteiger partial charge < -0.3 is 9.64 Å². The van der Waals surface area contributed by atoms with Crippen molar-refractivity contribution in [3.8, 4) is 0 Å². The number of carbonyl (C=O) groups is 2. The first-order chi connectivity index (χ1) is 11.7. The van der Waals surface area contributed by atoms with Crippen molar-refractivity contribution >= 4 is 23.5 Å². The zero-order chi connectivity index (χ0) is 18.2. The van der Waals surface area contributed by atoms with E-state index in [2.05, 4.69) is 20.8 Å². The van der Waals surface area contributed by atoms with Crippen LogP contribution in [0.2, 0.25) is 5.02 Å². The fourth-order valence-electron chi connectivity index (χ4n) is 4.80. The Bertz CT molecular complexity index is 670. The molecular formula is C20H26ClNO3. The van der Waals surface area contributed by atoms with Gasteiger partial charge in [0.05, 0.1) is 6.42 Å². The summed E-state index contributed by atoms with van der Waals surface area (Å²) in [6.45, 7) is 7.42. The van der Waals surface area contributed by atoms with Crippen LogP contribution >= 0.6 is 11.6 Å². The Labute approximate surface area is 154 Å². The molecule has 0 aromatic heterocycles. The highest BCUT2D eigenvalue weighted by Crippen LogP contribution is 2.52. The second-order valence-electron chi connectivity index (χ2n) is 8.70. The lowest BCUT2D eigenvalue weighted by atomic mass is 9.65. The Morgan fingerprint density at radius 1 is 1.20 bits per heavy atom. The molecule has 2 aliphatic rings. The van der Waals surface area contributed by atoms with Crippen LogP contribution in [0.3, 0.4) is 0 Å². The Morgan fingerprint density at radius 2 is 1.88 bits per heavy atom. The Balaban J connectivity index is 1.53. The number of nitrogens with zero attached hydrogens (tertiary/aromatic N) is 1. The summed E-state index contributed by atoms with van der Waals surface area (Å²) >= 11 is 5.83. The molecule has 5 heteroatoms. The van der Waals surface area contributed by atoms with Gasteiger partial charge in [0.25, 0.3) is 5.91 Å². The fraction of sp³-hybridized carbons (Fsp3) is 0.600. The highest BCUT2D eigenvalue weighted by Gasteiger charge is 2.50. The number of hydrogen-bond acceptors (Lipinski definition) is 3. The molecule has 1 saturated heterocycles. The molecule has 1 aliphatic heterocycles. The van der Waals surface area contributed by atoms with Gasteiger partial charge >= 0.3 is 5.97 Å². The minimum absolute atomic E-state index is 0.0733. The van der Waals surface area contributed by atoms with Gasteiger partial charge in [-0.3, -0.25) is 9.59 Å². The highest BCUT2D eigenvalue weighted by atomic mass is 35.5. The second kappa shape index (κ2) is 6.64. The molecule has 1 amide bonds. The zero-order valence-electron chi connectivity index (χ0n) is 15.2. The van der Waals surface area contributed by atoms with Crippen LogP contribution in [0.25, 0.3) is 0 Å². The van der Waals surface area contributed by atoms with Gasteiger partial charge in [-0.05, 0) is 47.8 Å². The van der Waals surface area contributed by atoms with Crippen molar-refractivity contribution < 1.29 is 14.3 Å². The van der Waals surface area contributed by atoms with E-state index in [-0.39, 0.29) is 41.8 Å². The van der Waals surface area contributed by atoms with E-state index in [1.807, 2.05) is 4.90 Å². The van der Waals surface area contributed by atoms with Gasteiger partial charge in [-0.25, -0.2) is 0 Å². The van der Waals surface area contributed by atoms with Gasteiger partial charge in [0, 0.05) is 17.6 Å². The van der Waals surface area contributed by atoms with Crippen molar-refractivity contribution in [2.24, 2.45) is 10.8 Å². The molecule has 1 aromatic carbocycles. The molecule has 3 rings (SSSR count). The molecule has 2 bridgehead atoms. The monoisotopic (exact) mass is 363 g/mol. The summed E-state index contributed by atoms with van der Waals surface area (Å²) in [7, 11) is 0. The van der Waals surface area contributed by atoms with Gasteiger partial charge in [0.2, 0.25) is 0 Å². The number of esters is 1. The third-order valence-electron chi connectivity index (χ3n) is 5.35. The number of halogens is 1. The standard InChI is InChI=1S/C20H26ClNO3/c1-19(2)9-16-10-20(3,12-19)13-22(16)17(23)11-25-18(24)8-14-4-6-15(21)7-5-14/h4-7,16H,8-13H2,1-3H3/t16-,20-/m0/s1. The Kier molecular flexibility index (Phi) is 4.84. The smallest absolute Gasteiger partial charge is 0.310 e. The maximum Gasteiger partial charge on any atom is 0.310 e. The molecule has 2 atom stereocenters. The van der Waals surface area contributed by atoms with Crippen molar-refractivity contribution in [1.29, 1.82) is 0 Å². The van der Waals surface area contributed by atoms with Crippen LogP contribution in [-0.2, 0) is 20.7 Å². The fourth-order valence-corrected chi connectivity index (χ4v) is 4.92. The first kappa shape index (κ1) is 18.2. The largest absolute Gasteiger partial charge is 0.455 e. The van der Waals surface area contributed by atoms with E-state index >= 15 is 0 Å². The number of rotatable bonds is 4. The molecule has 0 N–H and O–H groups in total. The van der Waals surface area contributed by atoms with Crippen LogP contribution in [0.4, 0.5) is 0 Å². The van der Waals surface area contributed by atoms with Gasteiger partial charge in [0.15, 0.2) is 6.61 Å². The number of hydrogen-bond donors (Lipinski definition) is 0. The van der Waals surface area contributed by atoms with Crippen LogP contribution in [-0.4, -0.2) is 36.0 Å². The van der Waals surface area contributed by atoms with E-state index < -0.39 is 0 Å². The van der Waals surface area contributed by atoms with Crippen LogP contribution in [0, 0.1) is 10.8 Å². The average molecular weight is 364 g/mol. The molecule has 0 unspecified atom stereocenters. The Morgan fingerprint density at radius 3 is 2.56 bits per heavy atom. The number of amides is 1. The van der Waals surface area contributed by atoms with Crippen LogP contribution in [0.15, 0.2) is 24.3 Å². The molecule has 1 heterocycles. The van der Waals surface area contributed by atoms with E-state index in [0.29, 0.717) is 5.02 Å². The summed E-state index contributed by atoms with van der Waals surface area (Å²) in [6.07, 6.45) is 3.36. The van der Waals surface area contributed by atoms with E-state index in [1.165, 1.54) is 0 Å². The topological polar surface area (TPSA) is 46.6 Å². The number of carbonyl (C=O) groups excluding carboxylic acids is 2. The summed E-state index contributed by atoms with van der Waals surface area (Å²) in [5.74, 6) is -0.458. The lowest BCUT2D eigenvalue weighted by molar-refractivity contribution is -0.152. The van der Waals surface area contributed by atoms with E-state index in [4.69, 9.17) is 16.3 Å². The Hall–Kier alpha value is -1.55. The summed E-state index contributed by atoms with van der Waals surface area (Å²) in [5.41, 5.74) is 1.28. The quantitative estimate of drug-likeness (QED) is 0.763. The second-order valence-corrected chi connectivity index (χ2v) is 9.14. The normalized spacial score (nSPS) is 27.2. The van der Waals surface area contributed by atoms with Crippen molar-refractivity contribution in [1.82, 2.24) is 4.90 Å².